The highest BCUT2D eigenvalue weighted by Crippen LogP contribution is 2.31. The van der Waals surface area contributed by atoms with Gasteiger partial charge in [0.1, 0.15) is 11.3 Å². The first-order chi connectivity index (χ1) is 11.9. The molecule has 1 heterocycles. The van der Waals surface area contributed by atoms with Crippen molar-refractivity contribution in [3.8, 4) is 0 Å². The van der Waals surface area contributed by atoms with Gasteiger partial charge in [0.2, 0.25) is 5.84 Å². The van der Waals surface area contributed by atoms with Crippen LogP contribution in [-0.2, 0) is 6.18 Å². The zero-order valence-corrected chi connectivity index (χ0v) is 13.2. The molecule has 5 nitrogen and oxygen atoms in total. The molecule has 0 fully saturated rings. The summed E-state index contributed by atoms with van der Waals surface area (Å²) in [5.74, 6) is -1.97. The maximum absolute atomic E-state index is 12.8. The molecule has 0 aliphatic carbocycles. The Labute approximate surface area is 143 Å². The van der Waals surface area contributed by atoms with Gasteiger partial charge in [-0.3, -0.25) is 10.8 Å². The van der Waals surface area contributed by atoms with E-state index in [0.717, 1.165) is 18.2 Å². The molecular weight excluding hydrogens is 364 g/mol. The molecule has 2 aromatic rings. The SMILES string of the molecule is CC(Nc1ccc(=N)n(C(=N)C(F)(F)F)n1)c1cccc(C(F)(F)F)c1. The van der Waals surface area contributed by atoms with E-state index in [2.05, 4.69) is 10.4 Å². The molecule has 0 spiro atoms. The van der Waals surface area contributed by atoms with Crippen molar-refractivity contribution >= 4 is 11.7 Å². The Morgan fingerprint density at radius 1 is 1.12 bits per heavy atom. The van der Waals surface area contributed by atoms with Crippen LogP contribution in [0.1, 0.15) is 24.1 Å². The predicted molar refractivity (Wildman–Crippen MR) is 80.7 cm³/mol. The smallest absolute Gasteiger partial charge is 0.362 e. The molecule has 2 rings (SSSR count). The molecule has 0 amide bonds. The molecule has 1 aromatic carbocycles. The number of benzene rings is 1. The number of nitrogens with one attached hydrogen (secondary N) is 3. The van der Waals surface area contributed by atoms with Gasteiger partial charge in [-0.15, -0.1) is 5.10 Å². The van der Waals surface area contributed by atoms with E-state index in [0.29, 0.717) is 0 Å². The van der Waals surface area contributed by atoms with Crippen molar-refractivity contribution in [2.24, 2.45) is 0 Å². The van der Waals surface area contributed by atoms with Crippen LogP contribution in [0.15, 0.2) is 36.4 Å². The molecule has 26 heavy (non-hydrogen) atoms. The Hall–Kier alpha value is -2.85. The van der Waals surface area contributed by atoms with Gasteiger partial charge in [0.05, 0.1) is 11.6 Å². The van der Waals surface area contributed by atoms with Gasteiger partial charge in [-0.1, -0.05) is 12.1 Å². The summed E-state index contributed by atoms with van der Waals surface area (Å²) in [6.07, 6.45) is -9.52. The lowest BCUT2D eigenvalue weighted by molar-refractivity contribution is -0.137. The van der Waals surface area contributed by atoms with Gasteiger partial charge in [-0.25, -0.2) is 0 Å². The maximum Gasteiger partial charge on any atom is 0.451 e. The van der Waals surface area contributed by atoms with Crippen molar-refractivity contribution in [3.63, 3.8) is 0 Å². The van der Waals surface area contributed by atoms with Crippen LogP contribution in [0.3, 0.4) is 0 Å². The maximum atomic E-state index is 12.8. The fourth-order valence-electron chi connectivity index (χ4n) is 2.08. The molecule has 1 atom stereocenters. The van der Waals surface area contributed by atoms with Crippen LogP contribution in [0.2, 0.25) is 0 Å². The van der Waals surface area contributed by atoms with E-state index in [1.54, 1.807) is 0 Å². The third-order valence-electron chi connectivity index (χ3n) is 3.39. The van der Waals surface area contributed by atoms with Crippen molar-refractivity contribution in [2.45, 2.75) is 25.3 Å². The number of hydrogen-bond donors (Lipinski definition) is 3. The van der Waals surface area contributed by atoms with Crippen molar-refractivity contribution < 1.29 is 26.3 Å². The molecule has 140 valence electrons. The number of nitrogens with zero attached hydrogens (tertiary/aromatic N) is 2. The summed E-state index contributed by atoms with van der Waals surface area (Å²) < 4.78 is 76.3. The highest BCUT2D eigenvalue weighted by Gasteiger charge is 2.37. The number of halogens is 6. The summed E-state index contributed by atoms with van der Waals surface area (Å²) in [5, 5.41) is 20.7. The Morgan fingerprint density at radius 3 is 2.35 bits per heavy atom. The van der Waals surface area contributed by atoms with Crippen LogP contribution in [0.4, 0.5) is 32.2 Å². The highest BCUT2D eigenvalue weighted by atomic mass is 19.4. The van der Waals surface area contributed by atoms with Crippen LogP contribution in [0.25, 0.3) is 0 Å². The summed E-state index contributed by atoms with van der Waals surface area (Å²) in [7, 11) is 0. The molecule has 3 N–H and O–H groups in total. The Kier molecular flexibility index (Phi) is 5.10. The summed E-state index contributed by atoms with van der Waals surface area (Å²) in [6, 6.07) is 5.95. The molecular formula is C15H13F6N5. The Bertz CT molecular complexity index is 868. The van der Waals surface area contributed by atoms with E-state index >= 15 is 0 Å². The third kappa shape index (κ3) is 4.41. The van der Waals surface area contributed by atoms with Gasteiger partial charge in [0.25, 0.3) is 0 Å². The Balaban J connectivity index is 2.29. The molecule has 0 radical (unpaired) electrons. The van der Waals surface area contributed by atoms with Crippen LogP contribution < -0.4 is 10.8 Å². The van der Waals surface area contributed by atoms with Gasteiger partial charge < -0.3 is 5.32 Å². The fraction of sp³-hybridized carbons (Fsp3) is 0.267. The van der Waals surface area contributed by atoms with Crippen molar-refractivity contribution in [1.29, 1.82) is 10.8 Å². The molecule has 0 bridgehead atoms. The summed E-state index contributed by atoms with van der Waals surface area (Å²) in [6.45, 7) is 1.51. The third-order valence-corrected chi connectivity index (χ3v) is 3.39. The molecule has 0 aliphatic heterocycles. The van der Waals surface area contributed by atoms with E-state index in [1.165, 1.54) is 25.1 Å². The molecule has 0 saturated carbocycles. The number of alkyl halides is 6. The lowest BCUT2D eigenvalue weighted by Crippen LogP contribution is -2.38. The summed E-state index contributed by atoms with van der Waals surface area (Å²) in [5.41, 5.74) is -1.27. The van der Waals surface area contributed by atoms with Crippen molar-refractivity contribution in [3.05, 3.63) is 53.0 Å². The lowest BCUT2D eigenvalue weighted by atomic mass is 10.0. The van der Waals surface area contributed by atoms with Crippen molar-refractivity contribution in [1.82, 2.24) is 9.78 Å². The van der Waals surface area contributed by atoms with E-state index in [1.807, 2.05) is 0 Å². The lowest BCUT2D eigenvalue weighted by Gasteiger charge is -2.18. The first kappa shape index (κ1) is 19.5. The van der Waals surface area contributed by atoms with Gasteiger partial charge in [-0.2, -0.15) is 31.0 Å². The van der Waals surface area contributed by atoms with E-state index in [4.69, 9.17) is 10.8 Å². The zero-order valence-electron chi connectivity index (χ0n) is 13.2. The second-order valence-electron chi connectivity index (χ2n) is 5.35. The average molecular weight is 377 g/mol. The topological polar surface area (TPSA) is 77.5 Å². The molecule has 1 unspecified atom stereocenters. The van der Waals surface area contributed by atoms with Crippen LogP contribution in [0, 0.1) is 10.8 Å². The number of hydrogen-bond acceptors (Lipinski definition) is 4. The van der Waals surface area contributed by atoms with Crippen LogP contribution in [0.5, 0.6) is 0 Å². The minimum absolute atomic E-state index is 0.0845. The first-order valence-corrected chi connectivity index (χ1v) is 7.14. The van der Waals surface area contributed by atoms with Gasteiger partial charge >= 0.3 is 12.4 Å². The van der Waals surface area contributed by atoms with Crippen molar-refractivity contribution in [2.75, 3.05) is 5.32 Å². The minimum atomic E-state index is -5.00. The molecule has 1 aromatic heterocycles. The summed E-state index contributed by atoms with van der Waals surface area (Å²) in [4.78, 5) is 0. The number of rotatable bonds is 3. The monoisotopic (exact) mass is 377 g/mol. The number of aromatic nitrogens is 2. The van der Waals surface area contributed by atoms with Gasteiger partial charge in [0.15, 0.2) is 0 Å². The van der Waals surface area contributed by atoms with Gasteiger partial charge in [-0.05, 0) is 36.8 Å². The standard InChI is InChI=1S/C15H13F6N5/c1-8(9-3-2-4-10(7-9)14(16,17)18)24-12-6-5-11(22)26(25-12)13(23)15(19,20)21/h2-8,22-23H,1H3,(H,24,25). The average Bonchev–Trinajstić information content (AvgIpc) is 2.54. The first-order valence-electron chi connectivity index (χ1n) is 7.14. The summed E-state index contributed by atoms with van der Waals surface area (Å²) >= 11 is 0. The van der Waals surface area contributed by atoms with E-state index < -0.39 is 35.3 Å². The zero-order chi connectivity index (χ0) is 19.7. The minimum Gasteiger partial charge on any atom is -0.362 e. The largest absolute Gasteiger partial charge is 0.451 e. The second-order valence-corrected chi connectivity index (χ2v) is 5.35. The predicted octanol–water partition coefficient (Wildman–Crippen LogP) is 3.94. The Morgan fingerprint density at radius 2 is 1.77 bits per heavy atom. The second kappa shape index (κ2) is 6.81. The van der Waals surface area contributed by atoms with Crippen LogP contribution >= 0.6 is 0 Å². The van der Waals surface area contributed by atoms with Gasteiger partial charge in [0, 0.05) is 0 Å². The fourth-order valence-corrected chi connectivity index (χ4v) is 2.08. The molecule has 0 aliphatic rings. The molecule has 11 heteroatoms. The normalized spacial score (nSPS) is 13.3. The highest BCUT2D eigenvalue weighted by molar-refractivity contribution is 5.85. The van der Waals surface area contributed by atoms with E-state index in [9.17, 15) is 26.3 Å². The van der Waals surface area contributed by atoms with Crippen LogP contribution in [-0.4, -0.2) is 21.8 Å². The van der Waals surface area contributed by atoms with E-state index in [-0.39, 0.29) is 16.1 Å². The molecule has 0 saturated heterocycles. The number of anilines is 1. The quantitative estimate of drug-likeness (QED) is 0.430.